The summed E-state index contributed by atoms with van der Waals surface area (Å²) in [5.41, 5.74) is 1.79. The number of rotatable bonds is 9. The highest BCUT2D eigenvalue weighted by Gasteiger charge is 2.18. The van der Waals surface area contributed by atoms with E-state index < -0.39 is 14.2 Å². The van der Waals surface area contributed by atoms with Gasteiger partial charge in [-0.05, 0) is 53.6 Å². The summed E-state index contributed by atoms with van der Waals surface area (Å²) >= 11 is 0. The lowest BCUT2D eigenvalue weighted by molar-refractivity contribution is 0.0784. The number of carbonyl (C=O) groups excluding carboxylic acids is 1. The number of carbonyl (C=O) groups is 1. The van der Waals surface area contributed by atoms with Crippen molar-refractivity contribution in [2.75, 3.05) is 6.61 Å². The molecule has 3 aromatic rings. The molecule has 36 heavy (non-hydrogen) atoms. The molecular formula is C25H34N6O4Si. The zero-order valence-corrected chi connectivity index (χ0v) is 22.1. The highest BCUT2D eigenvalue weighted by Crippen LogP contribution is 2.34. The number of ether oxygens (including phenoxy) is 2. The molecule has 0 atom stereocenters. The van der Waals surface area contributed by atoms with Gasteiger partial charge in [0.15, 0.2) is 5.82 Å². The summed E-state index contributed by atoms with van der Waals surface area (Å²) in [6.45, 7) is 7.79. The van der Waals surface area contributed by atoms with Gasteiger partial charge in [-0.1, -0.05) is 38.9 Å². The molecule has 1 saturated carbocycles. The van der Waals surface area contributed by atoms with Crippen LogP contribution in [0.3, 0.4) is 0 Å². The fourth-order valence-electron chi connectivity index (χ4n) is 4.10. The van der Waals surface area contributed by atoms with E-state index in [4.69, 9.17) is 9.47 Å². The largest absolute Gasteiger partial charge is 0.507 e. The van der Waals surface area contributed by atoms with Gasteiger partial charge in [0.2, 0.25) is 0 Å². The predicted octanol–water partition coefficient (Wildman–Crippen LogP) is 4.84. The summed E-state index contributed by atoms with van der Waals surface area (Å²) in [5, 5.41) is 25.4. The molecule has 1 fully saturated rings. The van der Waals surface area contributed by atoms with Gasteiger partial charge >= 0.3 is 6.09 Å². The fourth-order valence-corrected chi connectivity index (χ4v) is 4.85. The van der Waals surface area contributed by atoms with Gasteiger partial charge < -0.3 is 19.9 Å². The van der Waals surface area contributed by atoms with Gasteiger partial charge in [0.1, 0.15) is 18.2 Å². The Kier molecular flexibility index (Phi) is 8.31. The predicted molar refractivity (Wildman–Crippen MR) is 138 cm³/mol. The van der Waals surface area contributed by atoms with Crippen LogP contribution in [0.1, 0.15) is 32.1 Å². The van der Waals surface area contributed by atoms with E-state index in [0.717, 1.165) is 31.7 Å². The summed E-state index contributed by atoms with van der Waals surface area (Å²) < 4.78 is 12.9. The Hall–Kier alpha value is -3.31. The van der Waals surface area contributed by atoms with Crippen LogP contribution >= 0.6 is 0 Å². The molecule has 0 unspecified atom stereocenters. The first-order chi connectivity index (χ1) is 17.3. The van der Waals surface area contributed by atoms with Crippen LogP contribution in [0, 0.1) is 0 Å². The van der Waals surface area contributed by atoms with Crippen molar-refractivity contribution in [2.24, 2.45) is 0 Å². The monoisotopic (exact) mass is 510 g/mol. The second-order valence-electron chi connectivity index (χ2n) is 10.4. The number of aromatic hydroxyl groups is 1. The summed E-state index contributed by atoms with van der Waals surface area (Å²) in [6, 6.07) is 7.72. The number of phenolic OH excluding ortho intramolecular Hbond substituents is 1. The average molecular weight is 511 g/mol. The molecule has 2 heterocycles. The van der Waals surface area contributed by atoms with E-state index in [-0.39, 0.29) is 18.5 Å². The van der Waals surface area contributed by atoms with Gasteiger partial charge in [-0.2, -0.15) is 4.68 Å². The lowest BCUT2D eigenvalue weighted by Crippen LogP contribution is -2.37. The van der Waals surface area contributed by atoms with Crippen LogP contribution in [0.15, 0.2) is 36.7 Å². The van der Waals surface area contributed by atoms with E-state index in [1.54, 1.807) is 29.2 Å². The van der Waals surface area contributed by atoms with Gasteiger partial charge in [-0.15, -0.1) is 5.10 Å². The lowest BCUT2D eigenvalue weighted by atomic mass is 9.96. The minimum absolute atomic E-state index is 0.0447. The quantitative estimate of drug-likeness (QED) is 0.309. The first-order valence-electron chi connectivity index (χ1n) is 12.4. The highest BCUT2D eigenvalue weighted by atomic mass is 28.3. The molecule has 1 aliphatic carbocycles. The number of aromatic nitrogens is 5. The van der Waals surface area contributed by atoms with Crippen molar-refractivity contribution in [2.45, 2.75) is 70.6 Å². The average Bonchev–Trinajstić information content (AvgIpc) is 3.32. The first kappa shape index (κ1) is 25.8. The number of amides is 1. The molecule has 2 N–H and O–H groups in total. The number of nitrogens with one attached hydrogen (secondary N) is 1. The van der Waals surface area contributed by atoms with Crippen LogP contribution in [0.5, 0.6) is 11.5 Å². The zero-order valence-electron chi connectivity index (χ0n) is 21.1. The minimum atomic E-state index is -1.19. The Bertz CT molecular complexity index is 1170. The van der Waals surface area contributed by atoms with Crippen molar-refractivity contribution < 1.29 is 19.4 Å². The lowest BCUT2D eigenvalue weighted by Gasteiger charge is -2.22. The van der Waals surface area contributed by atoms with Crippen molar-refractivity contribution in [1.29, 1.82) is 0 Å². The van der Waals surface area contributed by atoms with E-state index in [9.17, 15) is 9.90 Å². The number of nitrogens with zero attached hydrogens (tertiary/aromatic N) is 5. The van der Waals surface area contributed by atoms with E-state index in [0.29, 0.717) is 34.9 Å². The molecule has 1 amide bonds. The van der Waals surface area contributed by atoms with Gasteiger partial charge in [0.05, 0.1) is 0 Å². The molecule has 0 spiro atoms. The zero-order chi connectivity index (χ0) is 25.5. The Morgan fingerprint density at radius 2 is 1.92 bits per heavy atom. The van der Waals surface area contributed by atoms with Crippen molar-refractivity contribution in [1.82, 2.24) is 30.5 Å². The second-order valence-corrected chi connectivity index (χ2v) is 16.0. The van der Waals surface area contributed by atoms with E-state index >= 15 is 0 Å². The molecule has 0 bridgehead atoms. The SMILES string of the molecule is C[Si](C)(C)CCOCn1nnnc1-c1cncc(-c2cc(OC(=O)NC3CCCCC3)ccc2O)c1. The Balaban J connectivity index is 1.46. The van der Waals surface area contributed by atoms with Gasteiger partial charge in [-0.3, -0.25) is 4.98 Å². The van der Waals surface area contributed by atoms with Gasteiger partial charge in [0.25, 0.3) is 0 Å². The molecule has 1 aromatic carbocycles. The summed E-state index contributed by atoms with van der Waals surface area (Å²) in [4.78, 5) is 16.7. The molecule has 11 heteroatoms. The third-order valence-corrected chi connectivity index (χ3v) is 7.86. The molecule has 0 radical (unpaired) electrons. The van der Waals surface area contributed by atoms with Crippen LogP contribution in [0.2, 0.25) is 25.7 Å². The number of hydrogen-bond donors (Lipinski definition) is 2. The Morgan fingerprint density at radius 1 is 1.14 bits per heavy atom. The standard InChI is InChI=1S/C25H34N6O4Si/c1-36(2,3)12-11-34-17-31-24(28-29-30-31)19-13-18(15-26-16-19)22-14-21(9-10-23(22)32)35-25(33)27-20-7-5-4-6-8-20/h9-10,13-16,20,32H,4-8,11-12,17H2,1-3H3,(H,27,33). The number of tetrazole rings is 1. The maximum Gasteiger partial charge on any atom is 0.412 e. The second kappa shape index (κ2) is 11.6. The van der Waals surface area contributed by atoms with Crippen LogP contribution in [0.25, 0.3) is 22.5 Å². The van der Waals surface area contributed by atoms with Crippen LogP contribution in [0.4, 0.5) is 4.79 Å². The molecule has 10 nitrogen and oxygen atoms in total. The van der Waals surface area contributed by atoms with E-state index in [2.05, 4.69) is 45.5 Å². The summed E-state index contributed by atoms with van der Waals surface area (Å²) in [6.07, 6.45) is 8.18. The van der Waals surface area contributed by atoms with Crippen LogP contribution < -0.4 is 10.1 Å². The number of hydrogen-bond acceptors (Lipinski definition) is 8. The number of benzene rings is 1. The van der Waals surface area contributed by atoms with Crippen molar-refractivity contribution in [3.63, 3.8) is 0 Å². The first-order valence-corrected chi connectivity index (χ1v) is 16.1. The van der Waals surface area contributed by atoms with Crippen LogP contribution in [-0.2, 0) is 11.5 Å². The molecule has 0 aliphatic heterocycles. The molecule has 0 saturated heterocycles. The highest BCUT2D eigenvalue weighted by molar-refractivity contribution is 6.76. The number of phenols is 1. The van der Waals surface area contributed by atoms with E-state index in [1.807, 2.05) is 6.07 Å². The minimum Gasteiger partial charge on any atom is -0.507 e. The normalized spacial score (nSPS) is 14.5. The maximum atomic E-state index is 12.4. The third-order valence-electron chi connectivity index (χ3n) is 6.16. The van der Waals surface area contributed by atoms with Crippen molar-refractivity contribution in [3.8, 4) is 34.0 Å². The molecule has 2 aromatic heterocycles. The molecule has 4 rings (SSSR count). The Labute approximate surface area is 212 Å². The third kappa shape index (κ3) is 7.11. The van der Waals surface area contributed by atoms with E-state index in [1.165, 1.54) is 12.5 Å². The smallest absolute Gasteiger partial charge is 0.412 e. The van der Waals surface area contributed by atoms with Crippen molar-refractivity contribution >= 4 is 14.2 Å². The maximum absolute atomic E-state index is 12.4. The molecule has 192 valence electrons. The van der Waals surface area contributed by atoms with Crippen molar-refractivity contribution in [3.05, 3.63) is 36.7 Å². The molecule has 1 aliphatic rings. The van der Waals surface area contributed by atoms with Gasteiger partial charge in [-0.25, -0.2) is 4.79 Å². The Morgan fingerprint density at radius 3 is 2.69 bits per heavy atom. The fraction of sp³-hybridized carbons (Fsp3) is 0.480. The summed E-state index contributed by atoms with van der Waals surface area (Å²) in [5.74, 6) is 0.890. The topological polar surface area (TPSA) is 124 Å². The molecular weight excluding hydrogens is 476 g/mol. The summed E-state index contributed by atoms with van der Waals surface area (Å²) in [7, 11) is -1.19. The van der Waals surface area contributed by atoms with Gasteiger partial charge in [0, 0.05) is 49.8 Å². The number of pyridine rings is 1. The van der Waals surface area contributed by atoms with Crippen LogP contribution in [-0.4, -0.2) is 57.1 Å².